The minimum atomic E-state index is -2.24. The Labute approximate surface area is 133 Å². The molecule has 0 amide bonds. The van der Waals surface area contributed by atoms with Gasteiger partial charge >= 0.3 is 5.97 Å². The van der Waals surface area contributed by atoms with Crippen molar-refractivity contribution in [1.82, 2.24) is 0 Å². The van der Waals surface area contributed by atoms with Crippen LogP contribution in [0.4, 0.5) is 0 Å². The van der Waals surface area contributed by atoms with Gasteiger partial charge in [-0.1, -0.05) is 33.8 Å². The van der Waals surface area contributed by atoms with Gasteiger partial charge in [0, 0.05) is 11.3 Å². The summed E-state index contributed by atoms with van der Waals surface area (Å²) in [6.45, 7) is 12.2. The molecule has 1 fully saturated rings. The van der Waals surface area contributed by atoms with Gasteiger partial charge in [0.05, 0.1) is 19.3 Å². The average Bonchev–Trinajstić information content (AvgIpc) is 2.71. The first-order chi connectivity index (χ1) is 9.91. The number of carbonyl (C=O) groups is 1. The van der Waals surface area contributed by atoms with Gasteiger partial charge in [0.25, 0.3) is 0 Å². The average molecular weight is 328 g/mol. The lowest BCUT2D eigenvalue weighted by Crippen LogP contribution is -2.61. The molecular formula is C16H28O5Si. The third-order valence-electron chi connectivity index (χ3n) is 5.79. The van der Waals surface area contributed by atoms with Crippen molar-refractivity contribution in [3.05, 3.63) is 12.2 Å². The van der Waals surface area contributed by atoms with Gasteiger partial charge < -0.3 is 19.4 Å². The van der Waals surface area contributed by atoms with E-state index in [9.17, 15) is 15.0 Å². The highest BCUT2D eigenvalue weighted by Crippen LogP contribution is 2.52. The normalized spacial score (nSPS) is 38.8. The number of carbonyl (C=O) groups excluding carboxylic acids is 1. The largest absolute Gasteiger partial charge is 0.463 e. The summed E-state index contributed by atoms with van der Waals surface area (Å²) in [5.74, 6) is -0.809. The summed E-state index contributed by atoms with van der Waals surface area (Å²) in [7, 11) is -2.24. The zero-order chi connectivity index (χ0) is 17.0. The Kier molecular flexibility index (Phi) is 4.14. The van der Waals surface area contributed by atoms with Crippen LogP contribution in [0.5, 0.6) is 0 Å². The molecule has 2 rings (SSSR count). The first kappa shape index (κ1) is 17.7. The van der Waals surface area contributed by atoms with Gasteiger partial charge in [-0.3, -0.25) is 0 Å². The highest BCUT2D eigenvalue weighted by molar-refractivity contribution is 6.74. The molecule has 0 bridgehead atoms. The Bertz CT molecular complexity index is 495. The van der Waals surface area contributed by atoms with E-state index >= 15 is 0 Å². The summed E-state index contributed by atoms with van der Waals surface area (Å²) < 4.78 is 11.8. The number of hydrogen-bond donors (Lipinski definition) is 2. The summed E-state index contributed by atoms with van der Waals surface area (Å²) in [6.07, 6.45) is 2.38. The smallest absolute Gasteiger partial charge is 0.341 e. The van der Waals surface area contributed by atoms with Crippen LogP contribution in [0, 0.1) is 11.3 Å². The summed E-state index contributed by atoms with van der Waals surface area (Å²) in [4.78, 5) is 12.5. The van der Waals surface area contributed by atoms with Crippen molar-refractivity contribution in [3.63, 3.8) is 0 Å². The molecule has 1 aliphatic carbocycles. The second-order valence-corrected chi connectivity index (χ2v) is 13.0. The maximum Gasteiger partial charge on any atom is 0.341 e. The molecule has 2 aliphatic rings. The Balaban J connectivity index is 2.50. The van der Waals surface area contributed by atoms with Crippen LogP contribution in [-0.2, 0) is 14.0 Å². The topological polar surface area (TPSA) is 76.0 Å². The molecule has 0 unspecified atom stereocenters. The highest BCUT2D eigenvalue weighted by Gasteiger charge is 2.64. The molecule has 22 heavy (non-hydrogen) atoms. The standard InChI is InChI=1S/C16H28O5Si/c1-14(2,3)22(5,6)21-16-8-7-12(18)15(4,10-17)11(16)9-20-13(16)19/h7-8,11-12,17-18H,9-10H2,1-6H3/t11-,12-,15-,16-/m0/s1. The van der Waals surface area contributed by atoms with E-state index in [0.717, 1.165) is 0 Å². The second kappa shape index (κ2) is 5.16. The van der Waals surface area contributed by atoms with Crippen LogP contribution in [0.1, 0.15) is 27.7 Å². The predicted octanol–water partition coefficient (Wildman–Crippen LogP) is 1.85. The fourth-order valence-corrected chi connectivity index (χ4v) is 4.43. The molecule has 126 valence electrons. The van der Waals surface area contributed by atoms with E-state index < -0.39 is 37.3 Å². The number of fused-ring (bicyclic) bond motifs is 1. The maximum absolute atomic E-state index is 12.5. The van der Waals surface area contributed by atoms with Gasteiger partial charge in [0.15, 0.2) is 13.9 Å². The molecule has 1 saturated heterocycles. The number of aliphatic hydroxyl groups is 2. The van der Waals surface area contributed by atoms with Crippen LogP contribution < -0.4 is 0 Å². The number of cyclic esters (lactones) is 1. The van der Waals surface area contributed by atoms with Gasteiger partial charge in [-0.05, 0) is 24.2 Å². The van der Waals surface area contributed by atoms with E-state index in [1.807, 2.05) is 0 Å². The number of rotatable bonds is 3. The monoisotopic (exact) mass is 328 g/mol. The number of hydrogen-bond acceptors (Lipinski definition) is 5. The number of esters is 1. The lowest BCUT2D eigenvalue weighted by Gasteiger charge is -2.50. The number of ether oxygens (including phenoxy) is 1. The molecule has 0 aromatic heterocycles. The Morgan fingerprint density at radius 3 is 2.55 bits per heavy atom. The summed E-state index contributed by atoms with van der Waals surface area (Å²) >= 11 is 0. The van der Waals surface area contributed by atoms with E-state index in [-0.39, 0.29) is 18.3 Å². The Morgan fingerprint density at radius 2 is 2.05 bits per heavy atom. The van der Waals surface area contributed by atoms with Crippen molar-refractivity contribution in [3.8, 4) is 0 Å². The zero-order valence-electron chi connectivity index (χ0n) is 14.3. The number of aliphatic hydroxyl groups excluding tert-OH is 2. The lowest BCUT2D eigenvalue weighted by molar-refractivity contribution is -0.152. The van der Waals surface area contributed by atoms with Crippen LogP contribution in [-0.4, -0.2) is 49.4 Å². The Hall–Kier alpha value is -0.693. The van der Waals surface area contributed by atoms with E-state index in [1.165, 1.54) is 0 Å². The van der Waals surface area contributed by atoms with Crippen LogP contribution in [0.2, 0.25) is 18.1 Å². The first-order valence-corrected chi connectivity index (χ1v) is 10.7. The second-order valence-electron chi connectivity index (χ2n) is 8.27. The minimum absolute atomic E-state index is 0.0608. The fraction of sp³-hybridized carbons (Fsp3) is 0.812. The molecule has 0 saturated carbocycles. The summed E-state index contributed by atoms with van der Waals surface area (Å²) in [5, 5.41) is 20.0. The molecule has 0 spiro atoms. The van der Waals surface area contributed by atoms with Gasteiger partial charge in [-0.2, -0.15) is 0 Å². The molecule has 0 aromatic rings. The molecule has 6 heteroatoms. The van der Waals surface area contributed by atoms with Gasteiger partial charge in [0.2, 0.25) is 0 Å². The predicted molar refractivity (Wildman–Crippen MR) is 85.8 cm³/mol. The van der Waals surface area contributed by atoms with E-state index in [2.05, 4.69) is 33.9 Å². The highest BCUT2D eigenvalue weighted by atomic mass is 28.4. The van der Waals surface area contributed by atoms with Gasteiger partial charge in [-0.25, -0.2) is 4.79 Å². The van der Waals surface area contributed by atoms with Gasteiger partial charge in [-0.15, -0.1) is 0 Å². The summed E-state index contributed by atoms with van der Waals surface area (Å²) in [6, 6.07) is 0. The molecule has 2 N–H and O–H groups in total. The fourth-order valence-electron chi connectivity index (χ4n) is 2.99. The SMILES string of the molecule is CC(C)(C)[Si](C)(C)O[C@@]12C=C[C@H](O)[C@@](C)(CO)[C@@H]1COC2=O. The summed E-state index contributed by atoms with van der Waals surface area (Å²) in [5.41, 5.74) is -2.05. The zero-order valence-corrected chi connectivity index (χ0v) is 15.3. The van der Waals surface area contributed by atoms with Crippen LogP contribution in [0.25, 0.3) is 0 Å². The minimum Gasteiger partial charge on any atom is -0.463 e. The van der Waals surface area contributed by atoms with Crippen LogP contribution in [0.15, 0.2) is 12.2 Å². The quantitative estimate of drug-likeness (QED) is 0.470. The molecule has 1 aliphatic heterocycles. The molecule has 5 nitrogen and oxygen atoms in total. The van der Waals surface area contributed by atoms with Crippen molar-refractivity contribution in [1.29, 1.82) is 0 Å². The van der Waals surface area contributed by atoms with Crippen molar-refractivity contribution >= 4 is 14.3 Å². The van der Waals surface area contributed by atoms with Crippen molar-refractivity contribution < 1.29 is 24.2 Å². The lowest BCUT2D eigenvalue weighted by atomic mass is 9.63. The van der Waals surface area contributed by atoms with Gasteiger partial charge in [0.1, 0.15) is 0 Å². The van der Waals surface area contributed by atoms with Crippen molar-refractivity contribution in [2.24, 2.45) is 11.3 Å². The molecule has 0 aromatic carbocycles. The van der Waals surface area contributed by atoms with Crippen LogP contribution >= 0.6 is 0 Å². The van der Waals surface area contributed by atoms with Crippen molar-refractivity contribution in [2.45, 2.75) is 57.5 Å². The third-order valence-corrected chi connectivity index (χ3v) is 10.2. The van der Waals surface area contributed by atoms with Crippen LogP contribution in [0.3, 0.4) is 0 Å². The molecular weight excluding hydrogens is 300 g/mol. The van der Waals surface area contributed by atoms with Crippen molar-refractivity contribution in [2.75, 3.05) is 13.2 Å². The molecule has 0 radical (unpaired) electrons. The Morgan fingerprint density at radius 1 is 1.45 bits per heavy atom. The maximum atomic E-state index is 12.5. The first-order valence-electron chi connectivity index (χ1n) is 7.76. The third kappa shape index (κ3) is 2.36. The molecule has 1 heterocycles. The van der Waals surface area contributed by atoms with E-state index in [0.29, 0.717) is 0 Å². The van der Waals surface area contributed by atoms with E-state index in [4.69, 9.17) is 9.16 Å². The van der Waals surface area contributed by atoms with E-state index in [1.54, 1.807) is 19.1 Å². The molecule has 4 atom stereocenters.